The van der Waals surface area contributed by atoms with Crippen LogP contribution in [-0.4, -0.2) is 60.3 Å². The molecule has 2 aromatic rings. The Balaban J connectivity index is 1.53. The highest BCUT2D eigenvalue weighted by atomic mass is 35.5. The second kappa shape index (κ2) is 9.85. The van der Waals surface area contributed by atoms with Gasteiger partial charge in [-0.2, -0.15) is 0 Å². The van der Waals surface area contributed by atoms with Gasteiger partial charge in [0, 0.05) is 43.0 Å². The summed E-state index contributed by atoms with van der Waals surface area (Å²) in [6.07, 6.45) is 4.56. The number of benzene rings is 1. The fourth-order valence-corrected chi connectivity index (χ4v) is 3.94. The maximum Gasteiger partial charge on any atom is 0.255 e. The lowest BCUT2D eigenvalue weighted by molar-refractivity contribution is -0.126. The summed E-state index contributed by atoms with van der Waals surface area (Å²) in [6, 6.07) is 11.2. The molecule has 1 aromatic heterocycles. The number of likely N-dealkylation sites (N-methyl/N-ethyl adjacent to an activating group) is 1. The Morgan fingerprint density at radius 2 is 1.93 bits per heavy atom. The number of likely N-dealkylation sites (tertiary alicyclic amines) is 1. The first-order chi connectivity index (χ1) is 14.0. The van der Waals surface area contributed by atoms with Crippen LogP contribution in [0, 0.1) is 5.92 Å². The SMILES string of the molecule is CN(C)[C@H](CNC(=O)C1CCN(C(=O)c2cccnc2)CC1)c1ccccc1Cl. The number of carbonyl (C=O) groups excluding carboxylic acids is 2. The number of pyridine rings is 1. The maximum atomic E-state index is 12.7. The van der Waals surface area contributed by atoms with Gasteiger partial charge in [-0.1, -0.05) is 29.8 Å². The third-order valence-corrected chi connectivity index (χ3v) is 5.76. The highest BCUT2D eigenvalue weighted by Crippen LogP contribution is 2.26. The Kier molecular flexibility index (Phi) is 7.23. The second-order valence-corrected chi connectivity index (χ2v) is 7.96. The van der Waals surface area contributed by atoms with E-state index in [0.29, 0.717) is 43.1 Å². The van der Waals surface area contributed by atoms with E-state index in [1.807, 2.05) is 38.4 Å². The average Bonchev–Trinajstić information content (AvgIpc) is 2.75. The molecule has 2 heterocycles. The van der Waals surface area contributed by atoms with E-state index in [2.05, 4.69) is 15.2 Å². The van der Waals surface area contributed by atoms with Gasteiger partial charge in [0.2, 0.25) is 5.91 Å². The summed E-state index contributed by atoms with van der Waals surface area (Å²) in [5, 5.41) is 3.78. The molecule has 1 aromatic carbocycles. The zero-order chi connectivity index (χ0) is 20.8. The molecule has 1 saturated heterocycles. The zero-order valence-corrected chi connectivity index (χ0v) is 17.6. The fourth-order valence-electron chi connectivity index (χ4n) is 3.67. The number of rotatable bonds is 6. The van der Waals surface area contributed by atoms with Gasteiger partial charge in [-0.25, -0.2) is 0 Å². The minimum atomic E-state index is -0.0815. The predicted molar refractivity (Wildman–Crippen MR) is 114 cm³/mol. The van der Waals surface area contributed by atoms with Crippen LogP contribution >= 0.6 is 11.6 Å². The van der Waals surface area contributed by atoms with Crippen LogP contribution < -0.4 is 5.32 Å². The van der Waals surface area contributed by atoms with Crippen molar-refractivity contribution in [2.45, 2.75) is 18.9 Å². The first-order valence-electron chi connectivity index (χ1n) is 9.85. The van der Waals surface area contributed by atoms with Gasteiger partial charge in [0.25, 0.3) is 5.91 Å². The van der Waals surface area contributed by atoms with Gasteiger partial charge in [0.1, 0.15) is 0 Å². The number of hydrogen-bond acceptors (Lipinski definition) is 4. The normalized spacial score (nSPS) is 15.9. The van der Waals surface area contributed by atoms with E-state index in [0.717, 1.165) is 5.56 Å². The lowest BCUT2D eigenvalue weighted by atomic mass is 9.95. The lowest BCUT2D eigenvalue weighted by Crippen LogP contribution is -2.44. The molecule has 1 fully saturated rings. The van der Waals surface area contributed by atoms with Gasteiger partial charge >= 0.3 is 0 Å². The Morgan fingerprint density at radius 1 is 1.21 bits per heavy atom. The molecule has 0 aliphatic carbocycles. The van der Waals surface area contributed by atoms with Crippen LogP contribution in [0.2, 0.25) is 5.02 Å². The van der Waals surface area contributed by atoms with Crippen molar-refractivity contribution < 1.29 is 9.59 Å². The summed E-state index contributed by atoms with van der Waals surface area (Å²) in [6.45, 7) is 1.64. The molecule has 1 atom stereocenters. The van der Waals surface area contributed by atoms with Crippen LogP contribution in [0.15, 0.2) is 48.8 Å². The largest absolute Gasteiger partial charge is 0.354 e. The third kappa shape index (κ3) is 5.34. The van der Waals surface area contributed by atoms with Gasteiger partial charge in [-0.3, -0.25) is 14.6 Å². The summed E-state index contributed by atoms with van der Waals surface area (Å²) >= 11 is 6.34. The monoisotopic (exact) mass is 414 g/mol. The zero-order valence-electron chi connectivity index (χ0n) is 16.8. The molecule has 3 rings (SSSR count). The van der Waals surface area contributed by atoms with Crippen molar-refractivity contribution in [1.29, 1.82) is 0 Å². The number of aromatic nitrogens is 1. The van der Waals surface area contributed by atoms with Gasteiger partial charge in [0.15, 0.2) is 0 Å². The maximum absolute atomic E-state index is 12.7. The fraction of sp³-hybridized carbons (Fsp3) is 0.409. The number of nitrogens with one attached hydrogen (secondary N) is 1. The standard InChI is InChI=1S/C22H27ClN4O2/c1-26(2)20(18-7-3-4-8-19(18)23)15-25-21(28)16-9-12-27(13-10-16)22(29)17-6-5-11-24-14-17/h3-8,11,14,16,20H,9-10,12-13,15H2,1-2H3,(H,25,28)/t20-/m1/s1. The van der Waals surface area contributed by atoms with Crippen molar-refractivity contribution in [2.24, 2.45) is 5.92 Å². The summed E-state index contributed by atoms with van der Waals surface area (Å²) < 4.78 is 0. The highest BCUT2D eigenvalue weighted by molar-refractivity contribution is 6.31. The molecule has 0 bridgehead atoms. The van der Waals surface area contributed by atoms with Crippen molar-refractivity contribution in [3.8, 4) is 0 Å². The molecule has 7 heteroatoms. The van der Waals surface area contributed by atoms with E-state index in [1.165, 1.54) is 0 Å². The predicted octanol–water partition coefficient (Wildman–Crippen LogP) is 3.01. The van der Waals surface area contributed by atoms with Gasteiger partial charge in [-0.05, 0) is 50.7 Å². The second-order valence-electron chi connectivity index (χ2n) is 7.55. The molecule has 0 spiro atoms. The number of carbonyl (C=O) groups is 2. The third-order valence-electron chi connectivity index (χ3n) is 5.42. The van der Waals surface area contributed by atoms with Crippen LogP contribution in [0.25, 0.3) is 0 Å². The van der Waals surface area contributed by atoms with E-state index >= 15 is 0 Å². The van der Waals surface area contributed by atoms with Crippen molar-refractivity contribution in [2.75, 3.05) is 33.7 Å². The number of piperidine rings is 1. The van der Waals surface area contributed by atoms with Crippen molar-refractivity contribution in [1.82, 2.24) is 20.1 Å². The van der Waals surface area contributed by atoms with Crippen LogP contribution in [0.5, 0.6) is 0 Å². The first-order valence-corrected chi connectivity index (χ1v) is 10.2. The molecular weight excluding hydrogens is 388 g/mol. The molecule has 1 aliphatic heterocycles. The molecular formula is C22H27ClN4O2. The number of nitrogens with zero attached hydrogens (tertiary/aromatic N) is 3. The molecule has 29 heavy (non-hydrogen) atoms. The van der Waals surface area contributed by atoms with Crippen molar-refractivity contribution in [3.63, 3.8) is 0 Å². The highest BCUT2D eigenvalue weighted by Gasteiger charge is 2.28. The molecule has 0 unspecified atom stereocenters. The minimum Gasteiger partial charge on any atom is -0.354 e. The smallest absolute Gasteiger partial charge is 0.255 e. The molecule has 1 N–H and O–H groups in total. The molecule has 0 radical (unpaired) electrons. The Hall–Kier alpha value is -2.44. The summed E-state index contributed by atoms with van der Waals surface area (Å²) in [5.41, 5.74) is 1.58. The summed E-state index contributed by atoms with van der Waals surface area (Å²) in [7, 11) is 3.95. The Labute approximate surface area is 176 Å². The number of amides is 2. The Morgan fingerprint density at radius 3 is 2.55 bits per heavy atom. The average molecular weight is 415 g/mol. The van der Waals surface area contributed by atoms with E-state index in [4.69, 9.17) is 11.6 Å². The quantitative estimate of drug-likeness (QED) is 0.789. The molecule has 154 valence electrons. The van der Waals surface area contributed by atoms with Gasteiger partial charge in [0.05, 0.1) is 11.6 Å². The van der Waals surface area contributed by atoms with Crippen LogP contribution in [0.3, 0.4) is 0 Å². The minimum absolute atomic E-state index is 0.0000950. The van der Waals surface area contributed by atoms with Crippen molar-refractivity contribution in [3.05, 3.63) is 64.9 Å². The van der Waals surface area contributed by atoms with Gasteiger partial charge in [-0.15, -0.1) is 0 Å². The number of hydrogen-bond donors (Lipinski definition) is 1. The van der Waals surface area contributed by atoms with Crippen LogP contribution in [-0.2, 0) is 4.79 Å². The van der Waals surface area contributed by atoms with Crippen LogP contribution in [0.1, 0.15) is 34.8 Å². The summed E-state index contributed by atoms with van der Waals surface area (Å²) in [5.74, 6) is -0.0669. The first kappa shape index (κ1) is 21.3. The van der Waals surface area contributed by atoms with E-state index in [9.17, 15) is 9.59 Å². The molecule has 6 nitrogen and oxygen atoms in total. The lowest BCUT2D eigenvalue weighted by Gasteiger charge is -2.32. The number of halogens is 1. The summed E-state index contributed by atoms with van der Waals surface area (Å²) in [4.78, 5) is 33.1. The van der Waals surface area contributed by atoms with E-state index < -0.39 is 0 Å². The van der Waals surface area contributed by atoms with E-state index in [-0.39, 0.29) is 23.8 Å². The van der Waals surface area contributed by atoms with Gasteiger partial charge < -0.3 is 15.1 Å². The molecule has 2 amide bonds. The van der Waals surface area contributed by atoms with Crippen LogP contribution in [0.4, 0.5) is 0 Å². The van der Waals surface area contributed by atoms with E-state index in [1.54, 1.807) is 29.4 Å². The molecule has 0 saturated carbocycles. The topological polar surface area (TPSA) is 65.5 Å². The molecule has 1 aliphatic rings. The Bertz CT molecular complexity index is 836. The van der Waals surface area contributed by atoms with Crippen molar-refractivity contribution >= 4 is 23.4 Å².